The molecule has 150 valence electrons. The third-order valence-electron chi connectivity index (χ3n) is 4.83. The molecule has 0 unspecified atom stereocenters. The summed E-state index contributed by atoms with van der Waals surface area (Å²) in [7, 11) is -3.51. The first-order valence-corrected chi connectivity index (χ1v) is 11.0. The van der Waals surface area contributed by atoms with Crippen LogP contribution in [-0.4, -0.2) is 63.2 Å². The van der Waals surface area contributed by atoms with Gasteiger partial charge in [-0.15, -0.1) is 0 Å². The van der Waals surface area contributed by atoms with Crippen LogP contribution in [0.4, 0.5) is 0 Å². The Morgan fingerprint density at radius 2 is 1.74 bits per heavy atom. The Hall–Kier alpha value is -1.64. The number of nitrogens with zero attached hydrogens (tertiary/aromatic N) is 1. The molecule has 2 aliphatic rings. The first-order chi connectivity index (χ1) is 12.8. The molecule has 1 aromatic carbocycles. The Morgan fingerprint density at radius 3 is 2.30 bits per heavy atom. The Kier molecular flexibility index (Phi) is 6.08. The molecule has 0 bridgehead atoms. The summed E-state index contributed by atoms with van der Waals surface area (Å²) < 4.78 is 41.8. The second kappa shape index (κ2) is 8.16. The topological polar surface area (TPSA) is 82.1 Å². The predicted octanol–water partition coefficient (Wildman–Crippen LogP) is 2.00. The van der Waals surface area contributed by atoms with Gasteiger partial charge in [0.1, 0.15) is 5.75 Å². The second-order valence-corrected chi connectivity index (χ2v) is 9.30. The fourth-order valence-corrected chi connectivity index (χ4v) is 4.61. The molecule has 7 nitrogen and oxygen atoms in total. The maximum Gasteiger partial charge on any atom is 0.223 e. The van der Waals surface area contributed by atoms with Crippen molar-refractivity contribution in [2.24, 2.45) is 0 Å². The molecule has 8 heteroatoms. The highest BCUT2D eigenvalue weighted by Gasteiger charge is 2.40. The number of ether oxygens (including phenoxy) is 3. The van der Waals surface area contributed by atoms with E-state index in [1.807, 2.05) is 13.8 Å². The summed E-state index contributed by atoms with van der Waals surface area (Å²) in [6.07, 6.45) is 1.25. The minimum absolute atomic E-state index is 0.0220. The van der Waals surface area contributed by atoms with E-state index in [1.165, 1.54) is 12.1 Å². The van der Waals surface area contributed by atoms with Crippen molar-refractivity contribution in [2.45, 2.75) is 49.9 Å². The summed E-state index contributed by atoms with van der Waals surface area (Å²) in [5, 5.41) is 0. The van der Waals surface area contributed by atoms with Gasteiger partial charge in [-0.2, -0.15) is 0 Å². The van der Waals surface area contributed by atoms with E-state index in [9.17, 15) is 13.2 Å². The van der Waals surface area contributed by atoms with Gasteiger partial charge in [-0.25, -0.2) is 8.42 Å². The number of benzene rings is 1. The van der Waals surface area contributed by atoms with Crippen molar-refractivity contribution in [2.75, 3.05) is 32.1 Å². The van der Waals surface area contributed by atoms with E-state index >= 15 is 0 Å². The van der Waals surface area contributed by atoms with Gasteiger partial charge in [0, 0.05) is 32.4 Å². The van der Waals surface area contributed by atoms with Gasteiger partial charge in [0.05, 0.1) is 30.0 Å². The average molecular weight is 397 g/mol. The van der Waals surface area contributed by atoms with Crippen molar-refractivity contribution in [1.29, 1.82) is 0 Å². The van der Waals surface area contributed by atoms with Crippen LogP contribution >= 0.6 is 0 Å². The number of rotatable bonds is 6. The van der Waals surface area contributed by atoms with E-state index < -0.39 is 15.6 Å². The predicted molar refractivity (Wildman–Crippen MR) is 99.3 cm³/mol. The number of amides is 1. The fourth-order valence-electron chi connectivity index (χ4n) is 3.38. The maximum absolute atomic E-state index is 12.5. The first kappa shape index (κ1) is 20.1. The molecular formula is C19H27NO6S. The van der Waals surface area contributed by atoms with E-state index in [0.717, 1.165) is 0 Å². The Balaban J connectivity index is 1.51. The molecule has 2 fully saturated rings. The lowest BCUT2D eigenvalue weighted by molar-refractivity contribution is -0.187. The minimum Gasteiger partial charge on any atom is -0.491 e. The number of hydrogen-bond acceptors (Lipinski definition) is 6. The van der Waals surface area contributed by atoms with Crippen LogP contribution in [0.15, 0.2) is 29.2 Å². The Labute approximate surface area is 160 Å². The molecule has 2 heterocycles. The third kappa shape index (κ3) is 5.00. The smallest absolute Gasteiger partial charge is 0.223 e. The van der Waals surface area contributed by atoms with Crippen LogP contribution in [0.1, 0.15) is 33.1 Å². The van der Waals surface area contributed by atoms with Crippen molar-refractivity contribution in [3.05, 3.63) is 24.3 Å². The molecular weight excluding hydrogens is 370 g/mol. The number of hydrogen-bond donors (Lipinski definition) is 0. The molecule has 0 atom stereocenters. The van der Waals surface area contributed by atoms with Gasteiger partial charge in [-0.05, 0) is 38.1 Å². The molecule has 0 radical (unpaired) electrons. The van der Waals surface area contributed by atoms with Crippen molar-refractivity contribution in [3.63, 3.8) is 0 Å². The molecule has 2 aliphatic heterocycles. The number of carbonyl (C=O) groups is 1. The largest absolute Gasteiger partial charge is 0.491 e. The van der Waals surface area contributed by atoms with E-state index in [1.54, 1.807) is 17.0 Å². The number of sulfone groups is 1. The van der Waals surface area contributed by atoms with Gasteiger partial charge in [-0.1, -0.05) is 0 Å². The van der Waals surface area contributed by atoms with E-state index in [-0.39, 0.29) is 29.1 Å². The molecule has 1 spiro atoms. The van der Waals surface area contributed by atoms with Crippen molar-refractivity contribution < 1.29 is 27.4 Å². The first-order valence-electron chi connectivity index (χ1n) is 9.35. The summed E-state index contributed by atoms with van der Waals surface area (Å²) in [6.45, 7) is 6.05. The second-order valence-electron chi connectivity index (χ2n) is 7.20. The van der Waals surface area contributed by atoms with Crippen LogP contribution in [0.25, 0.3) is 0 Å². The average Bonchev–Trinajstić information content (AvgIpc) is 3.08. The maximum atomic E-state index is 12.5. The van der Waals surface area contributed by atoms with Gasteiger partial charge in [-0.3, -0.25) is 4.79 Å². The van der Waals surface area contributed by atoms with Crippen LogP contribution in [0.2, 0.25) is 0 Å². The van der Waals surface area contributed by atoms with Gasteiger partial charge in [0.2, 0.25) is 5.91 Å². The number of piperidine rings is 1. The highest BCUT2D eigenvalue weighted by Crippen LogP contribution is 2.31. The van der Waals surface area contributed by atoms with Gasteiger partial charge < -0.3 is 19.1 Å². The zero-order valence-corrected chi connectivity index (χ0v) is 16.7. The molecule has 27 heavy (non-hydrogen) atoms. The van der Waals surface area contributed by atoms with Crippen LogP contribution in [0.5, 0.6) is 5.75 Å². The lowest BCUT2D eigenvalue weighted by atomic mass is 10.0. The summed E-state index contributed by atoms with van der Waals surface area (Å²) in [4.78, 5) is 14.3. The van der Waals surface area contributed by atoms with Crippen molar-refractivity contribution in [3.8, 4) is 5.75 Å². The minimum atomic E-state index is -3.51. The standard InChI is InChI=1S/C19H27NO6S/c1-15(2)26-16-3-5-17(6-4-16)27(22,23)14-7-18(21)20-10-8-19(9-11-20)24-12-13-25-19/h3-6,15H,7-14H2,1-2H3. The summed E-state index contributed by atoms with van der Waals surface area (Å²) >= 11 is 0. The molecule has 0 aromatic heterocycles. The monoisotopic (exact) mass is 397 g/mol. The highest BCUT2D eigenvalue weighted by atomic mass is 32.2. The molecule has 3 rings (SSSR count). The van der Waals surface area contributed by atoms with Gasteiger partial charge in [0.15, 0.2) is 15.6 Å². The van der Waals surface area contributed by atoms with E-state index in [2.05, 4.69) is 0 Å². The van der Waals surface area contributed by atoms with E-state index in [0.29, 0.717) is 44.9 Å². The zero-order valence-electron chi connectivity index (χ0n) is 15.8. The quantitative estimate of drug-likeness (QED) is 0.730. The lowest BCUT2D eigenvalue weighted by Crippen LogP contribution is -2.47. The Bertz CT molecular complexity index is 743. The molecule has 2 saturated heterocycles. The van der Waals surface area contributed by atoms with Gasteiger partial charge in [0.25, 0.3) is 0 Å². The van der Waals surface area contributed by atoms with Crippen LogP contribution < -0.4 is 4.74 Å². The SMILES string of the molecule is CC(C)Oc1ccc(S(=O)(=O)CCC(=O)N2CCC3(CC2)OCCO3)cc1. The molecule has 0 aliphatic carbocycles. The summed E-state index contributed by atoms with van der Waals surface area (Å²) in [5.74, 6) is -0.266. The Morgan fingerprint density at radius 1 is 1.15 bits per heavy atom. The van der Waals surface area contributed by atoms with Crippen LogP contribution in [0.3, 0.4) is 0 Å². The van der Waals surface area contributed by atoms with Crippen molar-refractivity contribution >= 4 is 15.7 Å². The van der Waals surface area contributed by atoms with Crippen LogP contribution in [0, 0.1) is 0 Å². The molecule has 1 aromatic rings. The fraction of sp³-hybridized carbons (Fsp3) is 0.632. The highest BCUT2D eigenvalue weighted by molar-refractivity contribution is 7.91. The number of carbonyl (C=O) groups excluding carboxylic acids is 1. The van der Waals surface area contributed by atoms with Crippen molar-refractivity contribution in [1.82, 2.24) is 4.90 Å². The van der Waals surface area contributed by atoms with E-state index in [4.69, 9.17) is 14.2 Å². The van der Waals surface area contributed by atoms with Gasteiger partial charge >= 0.3 is 0 Å². The zero-order chi connectivity index (χ0) is 19.5. The lowest BCUT2D eigenvalue weighted by Gasteiger charge is -2.37. The van der Waals surface area contributed by atoms with Crippen LogP contribution in [-0.2, 0) is 24.1 Å². The molecule has 0 N–H and O–H groups in total. The third-order valence-corrected chi connectivity index (χ3v) is 6.56. The normalized spacial score (nSPS) is 19.6. The summed E-state index contributed by atoms with van der Waals surface area (Å²) in [6, 6.07) is 6.33. The summed E-state index contributed by atoms with van der Waals surface area (Å²) in [5.41, 5.74) is 0. The molecule has 0 saturated carbocycles. The number of likely N-dealkylation sites (tertiary alicyclic amines) is 1. The molecule has 1 amide bonds.